The van der Waals surface area contributed by atoms with E-state index < -0.39 is 23.8 Å². The van der Waals surface area contributed by atoms with E-state index in [2.05, 4.69) is 5.32 Å². The van der Waals surface area contributed by atoms with Crippen molar-refractivity contribution < 1.29 is 28.7 Å². The Morgan fingerprint density at radius 3 is 2.44 bits per heavy atom. The van der Waals surface area contributed by atoms with Gasteiger partial charge in [0.2, 0.25) is 0 Å². The molecule has 1 aliphatic heterocycles. The van der Waals surface area contributed by atoms with Crippen LogP contribution in [-0.2, 0) is 9.59 Å². The summed E-state index contributed by atoms with van der Waals surface area (Å²) in [7, 11) is 0. The molecule has 0 saturated carbocycles. The Morgan fingerprint density at radius 2 is 1.78 bits per heavy atom. The molecule has 2 N–H and O–H groups in total. The molecule has 0 spiro atoms. The zero-order valence-corrected chi connectivity index (χ0v) is 17.3. The van der Waals surface area contributed by atoms with Gasteiger partial charge in [-0.15, -0.1) is 0 Å². The lowest BCUT2D eigenvalue weighted by molar-refractivity contribution is -0.122. The SMILES string of the molecule is Cc1ccc(N2C(=O)NC(=O)/C(=C/c3ccc(-c4ccc(C(=O)O)cc4)o3)C2=O)cc1Cl. The van der Waals surface area contributed by atoms with Gasteiger partial charge in [0.25, 0.3) is 11.8 Å². The Labute approximate surface area is 186 Å². The van der Waals surface area contributed by atoms with E-state index in [0.717, 1.165) is 10.5 Å². The van der Waals surface area contributed by atoms with Crippen molar-refractivity contribution in [3.05, 3.63) is 82.1 Å². The normalized spacial score (nSPS) is 15.2. The highest BCUT2D eigenvalue weighted by molar-refractivity contribution is 6.39. The monoisotopic (exact) mass is 450 g/mol. The van der Waals surface area contributed by atoms with Gasteiger partial charge < -0.3 is 9.52 Å². The van der Waals surface area contributed by atoms with Crippen LogP contribution in [0.2, 0.25) is 5.02 Å². The van der Waals surface area contributed by atoms with Crippen LogP contribution in [0.4, 0.5) is 10.5 Å². The zero-order chi connectivity index (χ0) is 23.0. The van der Waals surface area contributed by atoms with Crippen LogP contribution < -0.4 is 10.2 Å². The summed E-state index contributed by atoms with van der Waals surface area (Å²) in [5.41, 5.74) is 1.45. The molecule has 2 heterocycles. The number of carboxylic acids is 1. The number of amides is 4. The number of nitrogens with zero attached hydrogens (tertiary/aromatic N) is 1. The first-order chi connectivity index (χ1) is 15.2. The largest absolute Gasteiger partial charge is 0.478 e. The molecule has 1 fully saturated rings. The van der Waals surface area contributed by atoms with Gasteiger partial charge in [-0.2, -0.15) is 0 Å². The second-order valence-electron chi connectivity index (χ2n) is 6.98. The molecule has 4 amide bonds. The summed E-state index contributed by atoms with van der Waals surface area (Å²) < 4.78 is 5.69. The Morgan fingerprint density at radius 1 is 1.06 bits per heavy atom. The third kappa shape index (κ3) is 3.91. The fourth-order valence-electron chi connectivity index (χ4n) is 3.12. The van der Waals surface area contributed by atoms with E-state index in [-0.39, 0.29) is 22.6 Å². The first-order valence-electron chi connectivity index (χ1n) is 9.36. The summed E-state index contributed by atoms with van der Waals surface area (Å²) in [5, 5.41) is 11.5. The van der Waals surface area contributed by atoms with Crippen LogP contribution in [-0.4, -0.2) is 28.9 Å². The lowest BCUT2D eigenvalue weighted by Gasteiger charge is -2.26. The van der Waals surface area contributed by atoms with E-state index in [1.807, 2.05) is 0 Å². The molecule has 2 aromatic carbocycles. The number of barbiturate groups is 1. The third-order valence-corrected chi connectivity index (χ3v) is 5.25. The van der Waals surface area contributed by atoms with Crippen LogP contribution in [0.15, 0.2) is 64.6 Å². The van der Waals surface area contributed by atoms with E-state index in [1.165, 1.54) is 24.3 Å². The number of aromatic carboxylic acids is 1. The summed E-state index contributed by atoms with van der Waals surface area (Å²) in [4.78, 5) is 49.4. The number of carbonyl (C=O) groups excluding carboxylic acids is 3. The number of aryl methyl sites for hydroxylation is 1. The Kier molecular flexibility index (Phi) is 5.38. The van der Waals surface area contributed by atoms with Crippen molar-refractivity contribution in [1.82, 2.24) is 5.32 Å². The molecule has 3 aromatic rings. The summed E-state index contributed by atoms with van der Waals surface area (Å²) in [6, 6.07) is 13.0. The van der Waals surface area contributed by atoms with Crippen molar-refractivity contribution in [2.75, 3.05) is 4.90 Å². The highest BCUT2D eigenvalue weighted by Crippen LogP contribution is 2.28. The average molecular weight is 451 g/mol. The quantitative estimate of drug-likeness (QED) is 0.452. The maximum atomic E-state index is 13.0. The Hall–Kier alpha value is -4.17. The number of hydrogen-bond acceptors (Lipinski definition) is 5. The van der Waals surface area contributed by atoms with Gasteiger partial charge in [0, 0.05) is 10.6 Å². The molecule has 1 aromatic heterocycles. The van der Waals surface area contributed by atoms with Crippen LogP contribution in [0.3, 0.4) is 0 Å². The number of hydrogen-bond donors (Lipinski definition) is 2. The summed E-state index contributed by atoms with van der Waals surface area (Å²) in [6.45, 7) is 1.78. The van der Waals surface area contributed by atoms with E-state index in [0.29, 0.717) is 16.3 Å². The van der Waals surface area contributed by atoms with Gasteiger partial charge in [0.1, 0.15) is 17.1 Å². The second-order valence-corrected chi connectivity index (χ2v) is 7.38. The van der Waals surface area contributed by atoms with Crippen molar-refractivity contribution in [1.29, 1.82) is 0 Å². The molecule has 0 bridgehead atoms. The van der Waals surface area contributed by atoms with Gasteiger partial charge in [-0.25, -0.2) is 14.5 Å². The minimum atomic E-state index is -1.04. The van der Waals surface area contributed by atoms with E-state index in [4.69, 9.17) is 21.1 Å². The second kappa shape index (κ2) is 8.16. The van der Waals surface area contributed by atoms with Gasteiger partial charge in [0.05, 0.1) is 11.3 Å². The maximum absolute atomic E-state index is 13.0. The molecule has 32 heavy (non-hydrogen) atoms. The van der Waals surface area contributed by atoms with Crippen molar-refractivity contribution in [2.45, 2.75) is 6.92 Å². The van der Waals surface area contributed by atoms with Gasteiger partial charge in [0.15, 0.2) is 0 Å². The molecule has 1 aliphatic rings. The lowest BCUT2D eigenvalue weighted by atomic mass is 10.1. The number of carboxylic acid groups (broad SMARTS) is 1. The maximum Gasteiger partial charge on any atom is 0.335 e. The van der Waals surface area contributed by atoms with Gasteiger partial charge in [-0.1, -0.05) is 29.8 Å². The molecular weight excluding hydrogens is 436 g/mol. The van der Waals surface area contributed by atoms with E-state index >= 15 is 0 Å². The molecule has 0 radical (unpaired) electrons. The smallest absolute Gasteiger partial charge is 0.335 e. The highest BCUT2D eigenvalue weighted by atomic mass is 35.5. The van der Waals surface area contributed by atoms with Crippen LogP contribution in [0, 0.1) is 6.92 Å². The summed E-state index contributed by atoms with van der Waals surface area (Å²) in [5.74, 6) is -2.09. The molecule has 0 atom stereocenters. The molecule has 0 unspecified atom stereocenters. The van der Waals surface area contributed by atoms with Crippen molar-refractivity contribution in [3.8, 4) is 11.3 Å². The number of carbonyl (C=O) groups is 4. The van der Waals surface area contributed by atoms with Crippen LogP contribution >= 0.6 is 11.6 Å². The van der Waals surface area contributed by atoms with Gasteiger partial charge in [-0.05, 0) is 55.0 Å². The molecular formula is C23H15ClN2O6. The van der Waals surface area contributed by atoms with Gasteiger partial charge >= 0.3 is 12.0 Å². The number of urea groups is 1. The minimum absolute atomic E-state index is 0.132. The van der Waals surface area contributed by atoms with Gasteiger partial charge in [-0.3, -0.25) is 14.9 Å². The topological polar surface area (TPSA) is 117 Å². The molecule has 8 nitrogen and oxygen atoms in total. The number of furan rings is 1. The number of nitrogens with one attached hydrogen (secondary N) is 1. The van der Waals surface area contributed by atoms with E-state index in [1.54, 1.807) is 43.3 Å². The standard InChI is InChI=1S/C23H15ClN2O6/c1-12-2-7-15(10-18(12)24)26-21(28)17(20(27)25-23(26)31)11-16-8-9-19(32-16)13-3-5-14(6-4-13)22(29)30/h2-11H,1H3,(H,29,30)(H,25,27,31)/b17-11-. The molecule has 9 heteroatoms. The van der Waals surface area contributed by atoms with E-state index in [9.17, 15) is 19.2 Å². The van der Waals surface area contributed by atoms with Crippen LogP contribution in [0.5, 0.6) is 0 Å². The third-order valence-electron chi connectivity index (χ3n) is 4.85. The Balaban J connectivity index is 1.65. The first kappa shape index (κ1) is 21.1. The molecule has 4 rings (SSSR count). The minimum Gasteiger partial charge on any atom is -0.478 e. The van der Waals surface area contributed by atoms with Crippen molar-refractivity contribution in [3.63, 3.8) is 0 Å². The van der Waals surface area contributed by atoms with Crippen LogP contribution in [0.25, 0.3) is 17.4 Å². The highest BCUT2D eigenvalue weighted by Gasteiger charge is 2.37. The number of benzene rings is 2. The predicted molar refractivity (Wildman–Crippen MR) is 116 cm³/mol. The summed E-state index contributed by atoms with van der Waals surface area (Å²) >= 11 is 6.11. The predicted octanol–water partition coefficient (Wildman–Crippen LogP) is 4.27. The average Bonchev–Trinajstić information content (AvgIpc) is 3.22. The van der Waals surface area contributed by atoms with Crippen molar-refractivity contribution >= 4 is 47.2 Å². The number of anilines is 1. The fourth-order valence-corrected chi connectivity index (χ4v) is 3.29. The first-order valence-corrected chi connectivity index (χ1v) is 9.73. The number of halogens is 1. The zero-order valence-electron chi connectivity index (χ0n) is 16.6. The van der Waals surface area contributed by atoms with Crippen LogP contribution in [0.1, 0.15) is 21.7 Å². The Bertz CT molecular complexity index is 1310. The lowest BCUT2D eigenvalue weighted by Crippen LogP contribution is -2.54. The number of rotatable bonds is 4. The van der Waals surface area contributed by atoms with Crippen molar-refractivity contribution in [2.24, 2.45) is 0 Å². The molecule has 1 saturated heterocycles. The molecule has 160 valence electrons. The molecule has 0 aliphatic carbocycles. The number of imide groups is 2. The summed E-state index contributed by atoms with van der Waals surface area (Å²) in [6.07, 6.45) is 1.24. The fraction of sp³-hybridized carbons (Fsp3) is 0.0435.